The lowest BCUT2D eigenvalue weighted by Gasteiger charge is -2.27. The van der Waals surface area contributed by atoms with E-state index in [0.29, 0.717) is 19.6 Å². The quantitative estimate of drug-likeness (QED) is 0.753. The Morgan fingerprint density at radius 3 is 2.90 bits per heavy atom. The van der Waals surface area contributed by atoms with E-state index in [9.17, 15) is 9.59 Å². The summed E-state index contributed by atoms with van der Waals surface area (Å²) >= 11 is 0. The number of carbonyl (C=O) groups excluding carboxylic acids is 2. The largest absolute Gasteiger partial charge is 0.360 e. The Hall–Kier alpha value is -2.93. The molecule has 0 unspecified atom stereocenters. The summed E-state index contributed by atoms with van der Waals surface area (Å²) in [5.41, 5.74) is 3.73. The van der Waals surface area contributed by atoms with Gasteiger partial charge in [0.2, 0.25) is 11.8 Å². The molecule has 1 N–H and O–H groups in total. The van der Waals surface area contributed by atoms with E-state index in [-0.39, 0.29) is 17.9 Å². The molecule has 2 amide bonds. The van der Waals surface area contributed by atoms with Crippen LogP contribution in [0.4, 0.5) is 0 Å². The highest BCUT2D eigenvalue weighted by Gasteiger charge is 2.67. The zero-order valence-electron chi connectivity index (χ0n) is 18.4. The number of nitrogens with one attached hydrogen (secondary N) is 1. The molecule has 1 spiro atoms. The monoisotopic (exact) mass is 420 g/mol. The molecule has 2 aromatic rings. The van der Waals surface area contributed by atoms with Crippen LogP contribution in [0.2, 0.25) is 0 Å². The molecule has 0 aliphatic carbocycles. The fraction of sp³-hybridized carbons (Fsp3) is 0.458. The molecule has 1 aromatic heterocycles. The van der Waals surface area contributed by atoms with Gasteiger partial charge in [0.05, 0.1) is 31.0 Å². The molecule has 3 aliphatic heterocycles. The number of amides is 2. The second-order valence-electron chi connectivity index (χ2n) is 9.23. The summed E-state index contributed by atoms with van der Waals surface area (Å²) in [4.78, 5) is 37.8. The van der Waals surface area contributed by atoms with E-state index in [4.69, 9.17) is 4.74 Å². The molecule has 0 saturated carbocycles. The van der Waals surface area contributed by atoms with Crippen molar-refractivity contribution in [2.75, 3.05) is 13.6 Å². The number of aromatic nitrogens is 2. The van der Waals surface area contributed by atoms with Crippen LogP contribution in [0.1, 0.15) is 28.2 Å². The third kappa shape index (κ3) is 3.19. The van der Waals surface area contributed by atoms with Gasteiger partial charge in [0.1, 0.15) is 11.4 Å². The number of hydrogen-bond acceptors (Lipinski definition) is 4. The highest BCUT2D eigenvalue weighted by atomic mass is 16.5. The van der Waals surface area contributed by atoms with Crippen LogP contribution in [0.15, 0.2) is 36.5 Å². The fourth-order valence-electron chi connectivity index (χ4n) is 5.27. The number of nitrogens with zero attached hydrogens (tertiary/aromatic N) is 3. The molecule has 7 nitrogen and oxygen atoms in total. The standard InChI is InChI=1S/C24H28N4O3/c1-14-5-6-15(2)17(9-14)11-28-13-24-8-7-18(31-24)20(21(24)23(28)30)22(29)27(4)12-19-25-10-16(3)26-19/h5-10,18,20-21H,11-13H2,1-4H3,(H,25,26)/t18-,20-,21+,24-/m0/s1. The normalized spacial score (nSPS) is 28.5. The van der Waals surface area contributed by atoms with Crippen molar-refractivity contribution in [3.8, 4) is 0 Å². The third-order valence-electron chi connectivity index (χ3n) is 6.85. The van der Waals surface area contributed by atoms with E-state index in [1.165, 1.54) is 5.56 Å². The minimum absolute atomic E-state index is 0.00773. The maximum atomic E-state index is 13.5. The van der Waals surface area contributed by atoms with Gasteiger partial charge >= 0.3 is 0 Å². The van der Waals surface area contributed by atoms with Crippen LogP contribution < -0.4 is 0 Å². The van der Waals surface area contributed by atoms with E-state index in [2.05, 4.69) is 42.0 Å². The zero-order chi connectivity index (χ0) is 21.9. The molecular weight excluding hydrogens is 392 g/mol. The van der Waals surface area contributed by atoms with Crippen molar-refractivity contribution in [2.45, 2.75) is 45.6 Å². The summed E-state index contributed by atoms with van der Waals surface area (Å²) in [5.74, 6) is -0.300. The Morgan fingerprint density at radius 1 is 1.35 bits per heavy atom. The maximum absolute atomic E-state index is 13.5. The number of aryl methyl sites for hydroxylation is 3. The highest BCUT2D eigenvalue weighted by Crippen LogP contribution is 2.52. The molecule has 0 radical (unpaired) electrons. The molecular formula is C24H28N4O3. The SMILES string of the molecule is Cc1ccc(C)c(CN2C[C@]34C=C[C@H](O3)[C@H](C(=O)N(C)Cc3ncc(C)[nH]3)[C@@H]4C2=O)c1. The van der Waals surface area contributed by atoms with Gasteiger partial charge in [0.25, 0.3) is 0 Å². The molecule has 3 aliphatic rings. The van der Waals surface area contributed by atoms with Crippen molar-refractivity contribution in [1.82, 2.24) is 19.8 Å². The van der Waals surface area contributed by atoms with E-state index in [1.807, 2.05) is 24.0 Å². The Morgan fingerprint density at radius 2 is 2.16 bits per heavy atom. The summed E-state index contributed by atoms with van der Waals surface area (Å²) in [5, 5.41) is 0. The number of hydrogen-bond donors (Lipinski definition) is 1. The van der Waals surface area contributed by atoms with Crippen molar-refractivity contribution in [3.05, 3.63) is 64.8 Å². The van der Waals surface area contributed by atoms with Gasteiger partial charge < -0.3 is 19.5 Å². The zero-order valence-corrected chi connectivity index (χ0v) is 18.4. The third-order valence-corrected chi connectivity index (χ3v) is 6.85. The van der Waals surface area contributed by atoms with Gasteiger partial charge in [-0.3, -0.25) is 9.59 Å². The van der Waals surface area contributed by atoms with Gasteiger partial charge in [-0.25, -0.2) is 4.98 Å². The molecule has 4 atom stereocenters. The number of aromatic amines is 1. The Bertz CT molecular complexity index is 1090. The van der Waals surface area contributed by atoms with Gasteiger partial charge in [-0.05, 0) is 31.9 Å². The minimum Gasteiger partial charge on any atom is -0.360 e. The van der Waals surface area contributed by atoms with Crippen molar-refractivity contribution in [1.29, 1.82) is 0 Å². The summed E-state index contributed by atoms with van der Waals surface area (Å²) in [6.45, 7) is 7.45. The van der Waals surface area contributed by atoms with Crippen LogP contribution in [0.3, 0.4) is 0 Å². The fourth-order valence-corrected chi connectivity index (χ4v) is 5.27. The van der Waals surface area contributed by atoms with Crippen LogP contribution in [0.5, 0.6) is 0 Å². The number of ether oxygens (including phenoxy) is 1. The minimum atomic E-state index is -0.693. The first-order valence-electron chi connectivity index (χ1n) is 10.7. The molecule has 31 heavy (non-hydrogen) atoms. The highest BCUT2D eigenvalue weighted by molar-refractivity contribution is 5.93. The first-order chi connectivity index (χ1) is 14.8. The molecule has 1 aromatic carbocycles. The summed E-state index contributed by atoms with van der Waals surface area (Å²) in [6.07, 6.45) is 5.37. The van der Waals surface area contributed by atoms with E-state index in [1.54, 1.807) is 18.1 Å². The van der Waals surface area contributed by atoms with Crippen molar-refractivity contribution < 1.29 is 14.3 Å². The van der Waals surface area contributed by atoms with Crippen LogP contribution in [-0.2, 0) is 27.4 Å². The smallest absolute Gasteiger partial charge is 0.230 e. The van der Waals surface area contributed by atoms with Gasteiger partial charge in [0.15, 0.2) is 0 Å². The Kier molecular flexibility index (Phi) is 4.55. The first kappa shape index (κ1) is 20.0. The molecule has 162 valence electrons. The van der Waals surface area contributed by atoms with Crippen LogP contribution in [-0.4, -0.2) is 56.9 Å². The number of likely N-dealkylation sites (tertiary alicyclic amines) is 1. The van der Waals surface area contributed by atoms with Crippen molar-refractivity contribution in [2.24, 2.45) is 11.8 Å². The van der Waals surface area contributed by atoms with Gasteiger partial charge in [-0.1, -0.05) is 35.9 Å². The van der Waals surface area contributed by atoms with Crippen molar-refractivity contribution >= 4 is 11.8 Å². The predicted octanol–water partition coefficient (Wildman–Crippen LogP) is 2.28. The predicted molar refractivity (Wildman–Crippen MR) is 115 cm³/mol. The van der Waals surface area contributed by atoms with Gasteiger partial charge in [0, 0.05) is 25.5 Å². The van der Waals surface area contributed by atoms with E-state index < -0.39 is 17.4 Å². The van der Waals surface area contributed by atoms with Crippen molar-refractivity contribution in [3.63, 3.8) is 0 Å². The average molecular weight is 421 g/mol. The number of rotatable bonds is 5. The number of carbonyl (C=O) groups is 2. The van der Waals surface area contributed by atoms with Gasteiger partial charge in [-0.2, -0.15) is 0 Å². The Balaban J connectivity index is 1.37. The first-order valence-corrected chi connectivity index (χ1v) is 10.7. The molecule has 5 rings (SSSR count). The molecule has 7 heteroatoms. The number of fused-ring (bicyclic) bond motifs is 1. The summed E-state index contributed by atoms with van der Waals surface area (Å²) < 4.78 is 6.27. The van der Waals surface area contributed by atoms with Gasteiger partial charge in [-0.15, -0.1) is 0 Å². The topological polar surface area (TPSA) is 78.5 Å². The van der Waals surface area contributed by atoms with E-state index >= 15 is 0 Å². The second-order valence-corrected chi connectivity index (χ2v) is 9.23. The summed E-state index contributed by atoms with van der Waals surface area (Å²) in [6, 6.07) is 6.30. The Labute approximate surface area is 182 Å². The lowest BCUT2D eigenvalue weighted by molar-refractivity contribution is -0.143. The molecule has 2 bridgehead atoms. The van der Waals surface area contributed by atoms with Crippen LogP contribution in [0, 0.1) is 32.6 Å². The van der Waals surface area contributed by atoms with Crippen LogP contribution in [0.25, 0.3) is 0 Å². The molecule has 2 saturated heterocycles. The second kappa shape index (κ2) is 7.05. The molecule has 4 heterocycles. The average Bonchev–Trinajstić information content (AvgIpc) is 3.46. The lowest BCUT2D eigenvalue weighted by atomic mass is 9.76. The number of H-pyrrole nitrogens is 1. The van der Waals surface area contributed by atoms with Crippen LogP contribution >= 0.6 is 0 Å². The lowest BCUT2D eigenvalue weighted by Crippen LogP contribution is -2.44. The van der Waals surface area contributed by atoms with E-state index in [0.717, 1.165) is 22.6 Å². The maximum Gasteiger partial charge on any atom is 0.230 e. The number of benzene rings is 1. The number of imidazole rings is 1. The molecule has 2 fully saturated rings. The summed E-state index contributed by atoms with van der Waals surface area (Å²) in [7, 11) is 1.76.